The van der Waals surface area contributed by atoms with Gasteiger partial charge in [-0.1, -0.05) is 0 Å². The van der Waals surface area contributed by atoms with Crippen LogP contribution in [0.5, 0.6) is 0 Å². The molecule has 0 spiro atoms. The lowest BCUT2D eigenvalue weighted by molar-refractivity contribution is -0.137. The number of aromatic amines is 1. The lowest BCUT2D eigenvalue weighted by Gasteiger charge is -2.46. The number of halogens is 3. The van der Waals surface area contributed by atoms with Gasteiger partial charge >= 0.3 is 6.18 Å². The highest BCUT2D eigenvalue weighted by molar-refractivity contribution is 5.59. The molecule has 4 aromatic rings. The van der Waals surface area contributed by atoms with E-state index in [4.69, 9.17) is 9.72 Å². The molecule has 0 bridgehead atoms. The van der Waals surface area contributed by atoms with Crippen molar-refractivity contribution in [3.63, 3.8) is 0 Å². The molecule has 188 valence electrons. The molecule has 1 N–H and O–H groups in total. The molecule has 4 aromatic heterocycles. The van der Waals surface area contributed by atoms with Crippen LogP contribution < -0.4 is 4.90 Å². The smallest absolute Gasteiger partial charge is 0.381 e. The van der Waals surface area contributed by atoms with Crippen molar-refractivity contribution in [2.45, 2.75) is 31.1 Å². The van der Waals surface area contributed by atoms with Gasteiger partial charge in [-0.05, 0) is 31.0 Å². The minimum Gasteiger partial charge on any atom is -0.381 e. The number of hydrogen-bond acceptors (Lipinski definition) is 7. The first-order valence-corrected chi connectivity index (χ1v) is 11.9. The molecule has 0 radical (unpaired) electrons. The van der Waals surface area contributed by atoms with E-state index >= 15 is 0 Å². The highest BCUT2D eigenvalue weighted by atomic mass is 19.4. The topological polar surface area (TPSA) is 87.5 Å². The van der Waals surface area contributed by atoms with Gasteiger partial charge in [-0.25, -0.2) is 15.0 Å². The number of aromatic nitrogens is 6. The molecule has 36 heavy (non-hydrogen) atoms. The maximum Gasteiger partial charge on any atom is 0.417 e. The van der Waals surface area contributed by atoms with Crippen LogP contribution in [-0.4, -0.2) is 73.3 Å². The Labute approximate surface area is 204 Å². The Balaban J connectivity index is 1.30. The first-order valence-electron chi connectivity index (χ1n) is 11.9. The van der Waals surface area contributed by atoms with Gasteiger partial charge in [0.15, 0.2) is 5.82 Å². The number of anilines is 1. The summed E-state index contributed by atoms with van der Waals surface area (Å²) in [5.74, 6) is 1.05. The number of ether oxygens (including phenoxy) is 1. The van der Waals surface area contributed by atoms with Crippen molar-refractivity contribution in [2.75, 3.05) is 37.7 Å². The minimum atomic E-state index is -4.45. The number of piperazine rings is 1. The van der Waals surface area contributed by atoms with Crippen molar-refractivity contribution in [1.29, 1.82) is 0 Å². The molecular formula is C24H25F3N8O. The Kier molecular flexibility index (Phi) is 5.84. The number of imidazole rings is 1. The van der Waals surface area contributed by atoms with Crippen LogP contribution in [0.4, 0.5) is 19.0 Å². The summed E-state index contributed by atoms with van der Waals surface area (Å²) in [6, 6.07) is 4.79. The van der Waals surface area contributed by atoms with Crippen LogP contribution in [0.2, 0.25) is 0 Å². The van der Waals surface area contributed by atoms with E-state index in [9.17, 15) is 13.2 Å². The van der Waals surface area contributed by atoms with E-state index in [0.717, 1.165) is 62.8 Å². The van der Waals surface area contributed by atoms with Gasteiger partial charge in [0, 0.05) is 63.0 Å². The van der Waals surface area contributed by atoms with Gasteiger partial charge in [-0.15, -0.1) is 0 Å². The first kappa shape index (κ1) is 22.9. The monoisotopic (exact) mass is 498 g/mol. The molecule has 9 nitrogen and oxygen atoms in total. The predicted octanol–water partition coefficient (Wildman–Crippen LogP) is 3.58. The Morgan fingerprint density at radius 2 is 1.89 bits per heavy atom. The standard InChI is InChI=1S/C24H25F3N8O/c25-24(26,27)17-1-2-21-29-13-19(35(21)14-17)23-28-6-3-22(32-23)33-7-8-34(18-4-9-36-10-5-18)20(15-33)16-11-30-31-12-16/h1-3,6,11-14,18,20H,4-5,7-10,15H2,(H,30,31)/t20-/m0/s1. The maximum absolute atomic E-state index is 13.3. The molecule has 0 unspecified atom stereocenters. The molecule has 2 aliphatic heterocycles. The van der Waals surface area contributed by atoms with Gasteiger partial charge in [0.1, 0.15) is 17.2 Å². The summed E-state index contributed by atoms with van der Waals surface area (Å²) in [6.45, 7) is 3.87. The van der Waals surface area contributed by atoms with Crippen molar-refractivity contribution in [3.05, 3.63) is 60.3 Å². The summed E-state index contributed by atoms with van der Waals surface area (Å²) in [5, 5.41) is 7.10. The summed E-state index contributed by atoms with van der Waals surface area (Å²) in [5.41, 5.74) is 1.17. The average Bonchev–Trinajstić information content (AvgIpc) is 3.59. The van der Waals surface area contributed by atoms with Gasteiger partial charge in [0.25, 0.3) is 0 Å². The van der Waals surface area contributed by atoms with E-state index in [1.807, 2.05) is 18.5 Å². The quantitative estimate of drug-likeness (QED) is 0.460. The van der Waals surface area contributed by atoms with E-state index in [1.165, 1.54) is 16.7 Å². The highest BCUT2D eigenvalue weighted by Gasteiger charge is 2.35. The second-order valence-corrected chi connectivity index (χ2v) is 9.10. The van der Waals surface area contributed by atoms with Gasteiger partial charge in [0.05, 0.1) is 24.0 Å². The molecule has 6 heterocycles. The Bertz CT molecular complexity index is 1330. The Morgan fingerprint density at radius 1 is 1.03 bits per heavy atom. The summed E-state index contributed by atoms with van der Waals surface area (Å²) in [4.78, 5) is 18.1. The molecule has 1 atom stereocenters. The highest BCUT2D eigenvalue weighted by Crippen LogP contribution is 2.33. The first-order chi connectivity index (χ1) is 17.5. The van der Waals surface area contributed by atoms with Crippen molar-refractivity contribution in [3.8, 4) is 11.5 Å². The van der Waals surface area contributed by atoms with Crippen molar-refractivity contribution >= 4 is 11.5 Å². The average molecular weight is 499 g/mol. The van der Waals surface area contributed by atoms with E-state index in [0.29, 0.717) is 29.8 Å². The largest absolute Gasteiger partial charge is 0.417 e. The lowest BCUT2D eigenvalue weighted by Crippen LogP contribution is -2.53. The molecule has 2 saturated heterocycles. The third kappa shape index (κ3) is 4.30. The number of alkyl halides is 3. The fourth-order valence-electron chi connectivity index (χ4n) is 5.16. The second kappa shape index (κ2) is 9.17. The second-order valence-electron chi connectivity index (χ2n) is 9.10. The van der Waals surface area contributed by atoms with Crippen molar-refractivity contribution < 1.29 is 17.9 Å². The zero-order chi connectivity index (χ0) is 24.7. The van der Waals surface area contributed by atoms with Gasteiger partial charge in [-0.3, -0.25) is 14.4 Å². The van der Waals surface area contributed by atoms with E-state index < -0.39 is 11.7 Å². The molecule has 2 aliphatic rings. The molecule has 0 amide bonds. The van der Waals surface area contributed by atoms with Crippen LogP contribution in [0, 0.1) is 0 Å². The number of pyridine rings is 1. The Hall–Kier alpha value is -3.51. The van der Waals surface area contributed by atoms with Gasteiger partial charge < -0.3 is 9.64 Å². The molecular weight excluding hydrogens is 473 g/mol. The summed E-state index contributed by atoms with van der Waals surface area (Å²) in [6.07, 6.45) is 5.53. The number of nitrogens with zero attached hydrogens (tertiary/aromatic N) is 7. The van der Waals surface area contributed by atoms with Gasteiger partial charge in [0.2, 0.25) is 0 Å². The summed E-state index contributed by atoms with van der Waals surface area (Å²) >= 11 is 0. The van der Waals surface area contributed by atoms with Crippen LogP contribution >= 0.6 is 0 Å². The zero-order valence-electron chi connectivity index (χ0n) is 19.4. The summed E-state index contributed by atoms with van der Waals surface area (Å²) < 4.78 is 46.8. The van der Waals surface area contributed by atoms with Crippen LogP contribution in [0.15, 0.2) is 49.2 Å². The fraction of sp³-hybridized carbons (Fsp3) is 0.417. The maximum atomic E-state index is 13.3. The third-order valence-electron chi connectivity index (χ3n) is 7.01. The van der Waals surface area contributed by atoms with Crippen LogP contribution in [0.1, 0.15) is 30.0 Å². The Morgan fingerprint density at radius 3 is 2.67 bits per heavy atom. The normalized spacial score (nSPS) is 20.3. The predicted molar refractivity (Wildman–Crippen MR) is 125 cm³/mol. The molecule has 0 saturated carbocycles. The molecule has 0 aliphatic carbocycles. The molecule has 0 aromatic carbocycles. The zero-order valence-corrected chi connectivity index (χ0v) is 19.4. The number of H-pyrrole nitrogens is 1. The number of hydrogen-bond donors (Lipinski definition) is 1. The van der Waals surface area contributed by atoms with Crippen molar-refractivity contribution in [1.82, 2.24) is 34.4 Å². The third-order valence-corrected chi connectivity index (χ3v) is 7.01. The van der Waals surface area contributed by atoms with Crippen LogP contribution in [0.3, 0.4) is 0 Å². The van der Waals surface area contributed by atoms with Crippen LogP contribution in [-0.2, 0) is 10.9 Å². The van der Waals surface area contributed by atoms with E-state index in [2.05, 4.69) is 30.0 Å². The van der Waals surface area contributed by atoms with Crippen LogP contribution in [0.25, 0.3) is 17.2 Å². The van der Waals surface area contributed by atoms with Gasteiger partial charge in [-0.2, -0.15) is 18.3 Å². The molecule has 2 fully saturated rings. The van der Waals surface area contributed by atoms with E-state index in [-0.39, 0.29) is 6.04 Å². The SMILES string of the molecule is FC(F)(F)c1ccc2ncc(-c3nccc(N4CCN(C5CCOCC5)[C@H](c5cn[nH]c5)C4)n3)n2c1. The summed E-state index contributed by atoms with van der Waals surface area (Å²) in [7, 11) is 0. The molecule has 6 rings (SSSR count). The number of nitrogens with one attached hydrogen (secondary N) is 1. The molecule has 12 heteroatoms. The fourth-order valence-corrected chi connectivity index (χ4v) is 5.16. The lowest BCUT2D eigenvalue weighted by atomic mass is 9.99. The van der Waals surface area contributed by atoms with Crippen molar-refractivity contribution in [2.24, 2.45) is 0 Å². The van der Waals surface area contributed by atoms with E-state index in [1.54, 1.807) is 6.20 Å². The minimum absolute atomic E-state index is 0.129. The number of fused-ring (bicyclic) bond motifs is 1. The number of rotatable bonds is 4.